The van der Waals surface area contributed by atoms with Crippen LogP contribution in [0.1, 0.15) is 44.1 Å². The summed E-state index contributed by atoms with van der Waals surface area (Å²) in [5.74, 6) is 2.29. The topological polar surface area (TPSA) is 46.3 Å². The number of carbonyl (C=O) groups is 1. The molecular weight excluding hydrogens is 308 g/mol. The predicted molar refractivity (Wildman–Crippen MR) is 92.4 cm³/mol. The van der Waals surface area contributed by atoms with E-state index < -0.39 is 0 Å². The molecule has 1 aliphatic rings. The quantitative estimate of drug-likeness (QED) is 0.839. The van der Waals surface area contributed by atoms with E-state index in [-0.39, 0.29) is 5.91 Å². The maximum absolute atomic E-state index is 12.6. The van der Waals surface area contributed by atoms with Crippen LogP contribution in [0.25, 0.3) is 10.8 Å². The minimum absolute atomic E-state index is 0.138. The summed E-state index contributed by atoms with van der Waals surface area (Å²) in [5.41, 5.74) is 0.759. The molecule has 2 aromatic heterocycles. The van der Waals surface area contributed by atoms with Gasteiger partial charge in [0.1, 0.15) is 5.76 Å². The van der Waals surface area contributed by atoms with E-state index in [9.17, 15) is 4.79 Å². The van der Waals surface area contributed by atoms with Gasteiger partial charge >= 0.3 is 0 Å². The van der Waals surface area contributed by atoms with Crippen molar-refractivity contribution in [2.45, 2.75) is 52.0 Å². The Balaban J connectivity index is 1.66. The second-order valence-electron chi connectivity index (χ2n) is 6.59. The van der Waals surface area contributed by atoms with Crippen LogP contribution in [0.5, 0.6) is 0 Å². The van der Waals surface area contributed by atoms with E-state index in [1.165, 1.54) is 12.8 Å². The Morgan fingerprint density at radius 1 is 1.39 bits per heavy atom. The first-order valence-electron chi connectivity index (χ1n) is 8.30. The van der Waals surface area contributed by atoms with E-state index in [0.29, 0.717) is 18.4 Å². The molecule has 1 amide bonds. The number of oxazole rings is 1. The third-order valence-electron chi connectivity index (χ3n) is 4.87. The highest BCUT2D eigenvalue weighted by Gasteiger charge is 2.26. The van der Waals surface area contributed by atoms with Crippen molar-refractivity contribution in [3.8, 4) is 10.8 Å². The first-order chi connectivity index (χ1) is 11.0. The van der Waals surface area contributed by atoms with Crippen molar-refractivity contribution in [2.24, 2.45) is 5.92 Å². The van der Waals surface area contributed by atoms with Crippen molar-refractivity contribution >= 4 is 17.2 Å². The summed E-state index contributed by atoms with van der Waals surface area (Å²) in [6, 6.07) is 4.33. The molecule has 5 heteroatoms. The average molecular weight is 332 g/mol. The fourth-order valence-electron chi connectivity index (χ4n) is 3.20. The zero-order valence-electron chi connectivity index (χ0n) is 14.0. The molecule has 0 atom stereocenters. The summed E-state index contributed by atoms with van der Waals surface area (Å²) in [4.78, 5) is 20.0. The van der Waals surface area contributed by atoms with Gasteiger partial charge in [0.05, 0.1) is 17.0 Å². The molecule has 0 spiro atoms. The minimum Gasteiger partial charge on any atom is -0.440 e. The maximum Gasteiger partial charge on any atom is 0.236 e. The molecule has 0 unspecified atom stereocenters. The van der Waals surface area contributed by atoms with E-state index in [0.717, 1.165) is 35.1 Å². The van der Waals surface area contributed by atoms with Crippen molar-refractivity contribution in [3.05, 3.63) is 29.0 Å². The van der Waals surface area contributed by atoms with Crippen molar-refractivity contribution < 1.29 is 9.21 Å². The van der Waals surface area contributed by atoms with Crippen molar-refractivity contribution in [3.63, 3.8) is 0 Å². The molecule has 0 bridgehead atoms. The normalized spacial score (nSPS) is 21.3. The molecule has 0 radical (unpaired) electrons. The number of aromatic nitrogens is 1. The van der Waals surface area contributed by atoms with Gasteiger partial charge in [-0.25, -0.2) is 4.98 Å². The van der Waals surface area contributed by atoms with Crippen LogP contribution in [-0.4, -0.2) is 28.9 Å². The van der Waals surface area contributed by atoms with Gasteiger partial charge in [0.25, 0.3) is 0 Å². The van der Waals surface area contributed by atoms with E-state index >= 15 is 0 Å². The average Bonchev–Trinajstić information content (AvgIpc) is 3.18. The van der Waals surface area contributed by atoms with Crippen LogP contribution in [0.4, 0.5) is 0 Å². The minimum atomic E-state index is 0.138. The highest BCUT2D eigenvalue weighted by molar-refractivity contribution is 7.13. The number of thiophene rings is 1. The van der Waals surface area contributed by atoms with Crippen LogP contribution >= 0.6 is 11.3 Å². The molecule has 23 heavy (non-hydrogen) atoms. The molecule has 1 aliphatic carbocycles. The molecule has 1 fully saturated rings. The van der Waals surface area contributed by atoms with E-state index in [4.69, 9.17) is 4.42 Å². The molecule has 2 heterocycles. The summed E-state index contributed by atoms with van der Waals surface area (Å²) in [5, 5.41) is 2.00. The number of amides is 1. The standard InChI is InChI=1S/C18H24N2O2S/c1-12-6-8-14(9-7-12)20(3)17(21)11-15-13(2)22-18(19-15)16-5-4-10-23-16/h4-5,10,12,14H,6-9,11H2,1-3H3. The molecule has 3 rings (SSSR count). The molecule has 124 valence electrons. The Kier molecular flexibility index (Phi) is 4.85. The Morgan fingerprint density at radius 3 is 2.78 bits per heavy atom. The molecule has 2 aromatic rings. The van der Waals surface area contributed by atoms with Gasteiger partial charge in [-0.05, 0) is 50.0 Å². The van der Waals surface area contributed by atoms with E-state index in [2.05, 4.69) is 11.9 Å². The lowest BCUT2D eigenvalue weighted by atomic mass is 9.86. The first-order valence-corrected chi connectivity index (χ1v) is 9.18. The van der Waals surface area contributed by atoms with Gasteiger partial charge in [-0.15, -0.1) is 11.3 Å². The van der Waals surface area contributed by atoms with Gasteiger partial charge in [-0.3, -0.25) is 4.79 Å². The smallest absolute Gasteiger partial charge is 0.236 e. The van der Waals surface area contributed by atoms with Gasteiger partial charge in [-0.2, -0.15) is 0 Å². The molecule has 0 aliphatic heterocycles. The Morgan fingerprint density at radius 2 is 2.13 bits per heavy atom. The summed E-state index contributed by atoms with van der Waals surface area (Å²) in [6.45, 7) is 4.18. The van der Waals surface area contributed by atoms with Gasteiger partial charge in [0, 0.05) is 13.1 Å². The van der Waals surface area contributed by atoms with Crippen molar-refractivity contribution in [1.82, 2.24) is 9.88 Å². The lowest BCUT2D eigenvalue weighted by Gasteiger charge is -2.33. The van der Waals surface area contributed by atoms with E-state index in [1.807, 2.05) is 36.4 Å². The number of hydrogen-bond donors (Lipinski definition) is 0. The Labute approximate surface area is 141 Å². The van der Waals surface area contributed by atoms with Crippen LogP contribution in [-0.2, 0) is 11.2 Å². The summed E-state index contributed by atoms with van der Waals surface area (Å²) >= 11 is 1.59. The van der Waals surface area contributed by atoms with Gasteiger partial charge < -0.3 is 9.32 Å². The van der Waals surface area contributed by atoms with Crippen molar-refractivity contribution in [2.75, 3.05) is 7.05 Å². The van der Waals surface area contributed by atoms with Crippen LogP contribution in [0.3, 0.4) is 0 Å². The Bertz CT molecular complexity index is 655. The third-order valence-corrected chi connectivity index (χ3v) is 5.73. The number of hydrogen-bond acceptors (Lipinski definition) is 4. The fraction of sp³-hybridized carbons (Fsp3) is 0.556. The maximum atomic E-state index is 12.6. The first kappa shape index (κ1) is 16.2. The zero-order chi connectivity index (χ0) is 16.4. The molecule has 1 saturated carbocycles. The second kappa shape index (κ2) is 6.87. The van der Waals surface area contributed by atoms with Gasteiger partial charge in [0.15, 0.2) is 0 Å². The van der Waals surface area contributed by atoms with Gasteiger partial charge in [0.2, 0.25) is 11.8 Å². The lowest BCUT2D eigenvalue weighted by molar-refractivity contribution is -0.132. The molecule has 0 saturated heterocycles. The number of aryl methyl sites for hydroxylation is 1. The van der Waals surface area contributed by atoms with Crippen LogP contribution < -0.4 is 0 Å². The van der Waals surface area contributed by atoms with E-state index in [1.54, 1.807) is 11.3 Å². The summed E-state index contributed by atoms with van der Waals surface area (Å²) < 4.78 is 5.73. The molecule has 0 N–H and O–H groups in total. The van der Waals surface area contributed by atoms with Crippen LogP contribution in [0.2, 0.25) is 0 Å². The molecule has 4 nitrogen and oxygen atoms in total. The highest BCUT2D eigenvalue weighted by atomic mass is 32.1. The second-order valence-corrected chi connectivity index (χ2v) is 7.54. The van der Waals surface area contributed by atoms with Crippen LogP contribution in [0.15, 0.2) is 21.9 Å². The van der Waals surface area contributed by atoms with Crippen molar-refractivity contribution in [1.29, 1.82) is 0 Å². The number of nitrogens with zero attached hydrogens (tertiary/aromatic N) is 2. The largest absolute Gasteiger partial charge is 0.440 e. The fourth-order valence-corrected chi connectivity index (χ4v) is 3.85. The SMILES string of the molecule is Cc1oc(-c2cccs2)nc1CC(=O)N(C)C1CCC(C)CC1. The Hall–Kier alpha value is -1.62. The molecular formula is C18H24N2O2S. The predicted octanol–water partition coefficient (Wildman–Crippen LogP) is 4.29. The van der Waals surface area contributed by atoms with Crippen LogP contribution in [0, 0.1) is 12.8 Å². The highest BCUT2D eigenvalue weighted by Crippen LogP contribution is 2.28. The number of carbonyl (C=O) groups excluding carboxylic acids is 1. The lowest BCUT2D eigenvalue weighted by Crippen LogP contribution is -2.40. The third kappa shape index (κ3) is 3.66. The monoisotopic (exact) mass is 332 g/mol. The summed E-state index contributed by atoms with van der Waals surface area (Å²) in [6.07, 6.45) is 4.98. The molecule has 0 aromatic carbocycles. The number of rotatable bonds is 4. The zero-order valence-corrected chi connectivity index (χ0v) is 14.9. The summed E-state index contributed by atoms with van der Waals surface area (Å²) in [7, 11) is 1.93. The number of likely N-dealkylation sites (N-methyl/N-ethyl adjacent to an activating group) is 1. The van der Waals surface area contributed by atoms with Gasteiger partial charge in [-0.1, -0.05) is 13.0 Å².